The molecule has 0 radical (unpaired) electrons. The summed E-state index contributed by atoms with van der Waals surface area (Å²) in [5, 5.41) is 9.08. The fraction of sp³-hybridized carbons (Fsp3) is 0.167. The molecular formula is C12H8N4S4. The van der Waals surface area contributed by atoms with Crippen molar-refractivity contribution in [3.05, 3.63) is 27.3 Å². The van der Waals surface area contributed by atoms with E-state index in [1.807, 2.05) is 16.3 Å². The Morgan fingerprint density at radius 2 is 1.70 bits per heavy atom. The fourth-order valence-corrected chi connectivity index (χ4v) is 4.89. The van der Waals surface area contributed by atoms with Crippen LogP contribution in [0.3, 0.4) is 0 Å². The van der Waals surface area contributed by atoms with E-state index in [1.165, 1.54) is 0 Å². The molecule has 0 amide bonds. The van der Waals surface area contributed by atoms with Crippen molar-refractivity contribution in [1.29, 1.82) is 0 Å². The van der Waals surface area contributed by atoms with Crippen molar-refractivity contribution in [1.82, 2.24) is 15.0 Å². The Morgan fingerprint density at radius 3 is 2.45 bits per heavy atom. The van der Waals surface area contributed by atoms with Crippen LogP contribution in [0.2, 0.25) is 0 Å². The van der Waals surface area contributed by atoms with Crippen LogP contribution < -0.4 is 0 Å². The highest BCUT2D eigenvalue weighted by molar-refractivity contribution is 8.14. The van der Waals surface area contributed by atoms with Gasteiger partial charge < -0.3 is 0 Å². The molecule has 0 N–H and O–H groups in total. The zero-order valence-electron chi connectivity index (χ0n) is 10.1. The van der Waals surface area contributed by atoms with Gasteiger partial charge in [0.1, 0.15) is 32.1 Å². The maximum absolute atomic E-state index is 4.65. The first-order chi connectivity index (χ1) is 9.90. The molecule has 4 rings (SSSR count). The van der Waals surface area contributed by atoms with Crippen molar-refractivity contribution in [3.63, 3.8) is 0 Å². The van der Waals surface area contributed by atoms with Crippen molar-refractivity contribution in [2.24, 2.45) is 4.99 Å². The van der Waals surface area contributed by atoms with Crippen molar-refractivity contribution in [2.75, 3.05) is 12.3 Å². The number of aromatic nitrogens is 3. The topological polar surface area (TPSA) is 51.0 Å². The van der Waals surface area contributed by atoms with Crippen molar-refractivity contribution >= 4 is 50.8 Å². The van der Waals surface area contributed by atoms with Crippen LogP contribution in [0.4, 0.5) is 0 Å². The van der Waals surface area contributed by atoms with E-state index in [1.54, 1.807) is 45.8 Å². The number of nitrogens with zero attached hydrogens (tertiary/aromatic N) is 4. The number of hydrogen-bond donors (Lipinski definition) is 0. The lowest BCUT2D eigenvalue weighted by atomic mass is 10.4. The van der Waals surface area contributed by atoms with Gasteiger partial charge in [-0.25, -0.2) is 15.0 Å². The number of rotatable bonds is 3. The van der Waals surface area contributed by atoms with Crippen molar-refractivity contribution in [2.45, 2.75) is 0 Å². The van der Waals surface area contributed by atoms with Gasteiger partial charge in [-0.2, -0.15) is 0 Å². The Bertz CT molecular complexity index is 756. The molecule has 0 atom stereocenters. The summed E-state index contributed by atoms with van der Waals surface area (Å²) in [5.41, 5.74) is 4.68. The molecule has 1 aliphatic heterocycles. The van der Waals surface area contributed by atoms with Gasteiger partial charge in [0, 0.05) is 28.4 Å². The quantitative estimate of drug-likeness (QED) is 0.728. The maximum Gasteiger partial charge on any atom is 0.143 e. The molecule has 8 heteroatoms. The minimum atomic E-state index is 0.900. The second kappa shape index (κ2) is 5.36. The van der Waals surface area contributed by atoms with E-state index in [0.29, 0.717) is 0 Å². The van der Waals surface area contributed by atoms with E-state index in [2.05, 4.69) is 25.3 Å². The van der Waals surface area contributed by atoms with E-state index in [0.717, 1.165) is 44.4 Å². The maximum atomic E-state index is 4.65. The smallest absolute Gasteiger partial charge is 0.143 e. The summed E-state index contributed by atoms with van der Waals surface area (Å²) >= 11 is 6.59. The van der Waals surface area contributed by atoms with Gasteiger partial charge in [0.2, 0.25) is 0 Å². The lowest BCUT2D eigenvalue weighted by molar-refractivity contribution is 1.17. The van der Waals surface area contributed by atoms with E-state index < -0.39 is 0 Å². The van der Waals surface area contributed by atoms with E-state index >= 15 is 0 Å². The molecule has 0 bridgehead atoms. The Kier molecular flexibility index (Phi) is 3.39. The number of aliphatic imine (C=N–C) groups is 1. The molecule has 3 aromatic heterocycles. The number of thiazole rings is 3. The minimum Gasteiger partial charge on any atom is -0.275 e. The molecule has 0 saturated carbocycles. The standard InChI is InChI=1S/C12H8N4S4/c1-2-18-10(13-1)8-4-20-12(15-8)9-5-19-11(16-9)7-3-17-6-14-7/h3-6H,1-2H2. The minimum absolute atomic E-state index is 0.900. The molecule has 1 aliphatic rings. The molecule has 4 heterocycles. The first-order valence-electron chi connectivity index (χ1n) is 5.88. The highest BCUT2D eigenvalue weighted by Gasteiger charge is 2.16. The number of thioether (sulfide) groups is 1. The number of hydrogen-bond acceptors (Lipinski definition) is 8. The molecule has 100 valence electrons. The summed E-state index contributed by atoms with van der Waals surface area (Å²) in [5.74, 6) is 1.06. The SMILES string of the molecule is c1nc(-c2nc(-c3nc(C4=NCCS4)cs3)cs2)cs1. The van der Waals surface area contributed by atoms with Crippen LogP contribution in [0.1, 0.15) is 5.69 Å². The average molecular weight is 336 g/mol. The first-order valence-corrected chi connectivity index (χ1v) is 9.56. The van der Waals surface area contributed by atoms with Crippen LogP contribution in [0, 0.1) is 0 Å². The first kappa shape index (κ1) is 12.6. The highest BCUT2D eigenvalue weighted by Crippen LogP contribution is 2.31. The molecule has 3 aromatic rings. The van der Waals surface area contributed by atoms with E-state index in [9.17, 15) is 0 Å². The van der Waals surface area contributed by atoms with Gasteiger partial charge in [-0.05, 0) is 0 Å². The summed E-state index contributed by atoms with van der Waals surface area (Å²) in [6, 6.07) is 0. The summed E-state index contributed by atoms with van der Waals surface area (Å²) in [6.07, 6.45) is 0. The molecule has 20 heavy (non-hydrogen) atoms. The van der Waals surface area contributed by atoms with Crippen LogP contribution in [-0.2, 0) is 0 Å². The average Bonchev–Trinajstić information content (AvgIpc) is 3.22. The molecule has 0 aliphatic carbocycles. The van der Waals surface area contributed by atoms with Crippen molar-refractivity contribution < 1.29 is 0 Å². The summed E-state index contributed by atoms with van der Waals surface area (Å²) in [4.78, 5) is 18.0. The third-order valence-electron chi connectivity index (χ3n) is 2.68. The fourth-order valence-electron chi connectivity index (χ4n) is 1.79. The summed E-state index contributed by atoms with van der Waals surface area (Å²) < 4.78 is 0. The van der Waals surface area contributed by atoms with Crippen LogP contribution in [0.25, 0.3) is 21.4 Å². The monoisotopic (exact) mass is 336 g/mol. The third kappa shape index (κ3) is 2.32. The highest BCUT2D eigenvalue weighted by atomic mass is 32.2. The van der Waals surface area contributed by atoms with Gasteiger partial charge >= 0.3 is 0 Å². The van der Waals surface area contributed by atoms with Crippen LogP contribution in [0.15, 0.2) is 26.6 Å². The van der Waals surface area contributed by atoms with Gasteiger partial charge in [-0.15, -0.1) is 45.8 Å². The van der Waals surface area contributed by atoms with Crippen molar-refractivity contribution in [3.8, 4) is 21.4 Å². The Hall–Kier alpha value is -1.09. The van der Waals surface area contributed by atoms with Gasteiger partial charge in [-0.1, -0.05) is 0 Å². The van der Waals surface area contributed by atoms with Crippen LogP contribution >= 0.6 is 45.8 Å². The van der Waals surface area contributed by atoms with E-state index in [-0.39, 0.29) is 0 Å². The lowest BCUT2D eigenvalue weighted by Gasteiger charge is -1.91. The molecule has 4 nitrogen and oxygen atoms in total. The molecular weight excluding hydrogens is 328 g/mol. The second-order valence-electron chi connectivity index (χ2n) is 3.98. The summed E-state index contributed by atoms with van der Waals surface area (Å²) in [7, 11) is 0. The van der Waals surface area contributed by atoms with Crippen LogP contribution in [-0.4, -0.2) is 32.3 Å². The van der Waals surface area contributed by atoms with Gasteiger partial charge in [0.15, 0.2) is 0 Å². The molecule has 0 saturated heterocycles. The Morgan fingerprint density at radius 1 is 0.900 bits per heavy atom. The predicted molar refractivity (Wildman–Crippen MR) is 88.2 cm³/mol. The largest absolute Gasteiger partial charge is 0.275 e. The van der Waals surface area contributed by atoms with Gasteiger partial charge in [0.05, 0.1) is 5.51 Å². The van der Waals surface area contributed by atoms with Gasteiger partial charge in [0.25, 0.3) is 0 Å². The van der Waals surface area contributed by atoms with E-state index in [4.69, 9.17) is 0 Å². The van der Waals surface area contributed by atoms with Gasteiger partial charge in [-0.3, -0.25) is 4.99 Å². The Balaban J connectivity index is 1.65. The molecule has 0 fully saturated rings. The zero-order valence-corrected chi connectivity index (χ0v) is 13.4. The Labute approximate surface area is 131 Å². The molecule has 0 aromatic carbocycles. The second-order valence-corrected chi connectivity index (χ2v) is 7.50. The summed E-state index contributed by atoms with van der Waals surface area (Å²) in [6.45, 7) is 0.900. The third-order valence-corrected chi connectivity index (χ3v) is 6.00. The molecule has 0 unspecified atom stereocenters. The normalized spacial score (nSPS) is 14.7. The predicted octanol–water partition coefficient (Wildman–Crippen LogP) is 3.88. The van der Waals surface area contributed by atoms with Crippen LogP contribution in [0.5, 0.6) is 0 Å². The lowest BCUT2D eigenvalue weighted by Crippen LogP contribution is -1.91. The zero-order chi connectivity index (χ0) is 13.4. The molecule has 0 spiro atoms.